The first-order valence-electron chi connectivity index (χ1n) is 11.2. The van der Waals surface area contributed by atoms with Crippen molar-refractivity contribution in [2.45, 2.75) is 70.4 Å². The van der Waals surface area contributed by atoms with Crippen molar-refractivity contribution in [3.8, 4) is 0 Å². The molecule has 0 bridgehead atoms. The molecule has 4 aliphatic carbocycles. The van der Waals surface area contributed by atoms with Crippen molar-refractivity contribution in [1.29, 1.82) is 0 Å². The van der Waals surface area contributed by atoms with Crippen LogP contribution >= 0.6 is 0 Å². The lowest BCUT2D eigenvalue weighted by Gasteiger charge is -2.58. The first-order valence-corrected chi connectivity index (χ1v) is 11.2. The summed E-state index contributed by atoms with van der Waals surface area (Å²) in [7, 11) is 0. The topological polar surface area (TPSA) is 54.0 Å². The molecule has 5 heteroatoms. The molecule has 5 nitrogen and oxygen atoms in total. The third kappa shape index (κ3) is 2.09. The van der Waals surface area contributed by atoms with E-state index >= 15 is 0 Å². The van der Waals surface area contributed by atoms with Crippen molar-refractivity contribution in [2.75, 3.05) is 26.4 Å². The number of carbonyl (C=O) groups excluding carboxylic acids is 1. The summed E-state index contributed by atoms with van der Waals surface area (Å²) in [6, 6.07) is 0. The first kappa shape index (κ1) is 18.1. The third-order valence-corrected chi connectivity index (χ3v) is 9.42. The summed E-state index contributed by atoms with van der Waals surface area (Å²) in [4.78, 5) is 13.7. The second kappa shape index (κ2) is 5.69. The van der Waals surface area contributed by atoms with Crippen molar-refractivity contribution in [3.63, 3.8) is 0 Å². The highest BCUT2D eigenvalue weighted by Gasteiger charge is 2.69. The Hall–Kier alpha value is -0.750. The third-order valence-electron chi connectivity index (χ3n) is 9.42. The van der Waals surface area contributed by atoms with E-state index in [2.05, 4.69) is 19.9 Å². The minimum Gasteiger partial charge on any atom is -0.347 e. The second-order valence-corrected chi connectivity index (χ2v) is 10.5. The molecule has 2 spiro atoms. The van der Waals surface area contributed by atoms with Crippen molar-refractivity contribution >= 4 is 5.78 Å². The zero-order valence-corrected chi connectivity index (χ0v) is 17.1. The van der Waals surface area contributed by atoms with E-state index in [9.17, 15) is 4.79 Å². The van der Waals surface area contributed by atoms with Crippen molar-refractivity contribution < 1.29 is 23.7 Å². The average Bonchev–Trinajstić information content (AvgIpc) is 3.38. The smallest absolute Gasteiger partial charge is 0.174 e. The maximum Gasteiger partial charge on any atom is 0.174 e. The maximum absolute atomic E-state index is 13.7. The number of rotatable bonds is 0. The molecule has 0 amide bonds. The van der Waals surface area contributed by atoms with E-state index in [0.717, 1.165) is 38.5 Å². The molecule has 154 valence electrons. The Morgan fingerprint density at radius 1 is 0.929 bits per heavy atom. The number of ketones is 1. The van der Waals surface area contributed by atoms with Crippen LogP contribution in [0.3, 0.4) is 0 Å². The van der Waals surface area contributed by atoms with Crippen LogP contribution < -0.4 is 0 Å². The van der Waals surface area contributed by atoms with Gasteiger partial charge in [-0.15, -0.1) is 0 Å². The second-order valence-electron chi connectivity index (χ2n) is 10.5. The lowest BCUT2D eigenvalue weighted by atomic mass is 9.47. The van der Waals surface area contributed by atoms with E-state index in [-0.39, 0.29) is 16.7 Å². The lowest BCUT2D eigenvalue weighted by Crippen LogP contribution is -2.59. The fourth-order valence-corrected chi connectivity index (χ4v) is 8.06. The van der Waals surface area contributed by atoms with Gasteiger partial charge >= 0.3 is 0 Å². The predicted molar refractivity (Wildman–Crippen MR) is 101 cm³/mol. The predicted octanol–water partition coefficient (Wildman–Crippen LogP) is 3.61. The van der Waals surface area contributed by atoms with Crippen LogP contribution in [0.5, 0.6) is 0 Å². The molecule has 5 unspecified atom stereocenters. The summed E-state index contributed by atoms with van der Waals surface area (Å²) in [6.45, 7) is 7.31. The molecular formula is C23H32O5. The fraction of sp³-hybridized carbons (Fsp3) is 0.870. The summed E-state index contributed by atoms with van der Waals surface area (Å²) in [5, 5.41) is 0. The molecule has 6 rings (SSSR count). The molecule has 0 aromatic heterocycles. The van der Waals surface area contributed by atoms with E-state index in [1.54, 1.807) is 0 Å². The number of Topliss-reactive ketones (excluding diaryl/α,β-unsaturated/α-hetero) is 1. The zero-order chi connectivity index (χ0) is 19.2. The molecule has 0 aromatic rings. The summed E-state index contributed by atoms with van der Waals surface area (Å²) in [6.07, 6.45) is 8.78. The van der Waals surface area contributed by atoms with Crippen LogP contribution in [0.4, 0.5) is 0 Å². The van der Waals surface area contributed by atoms with Gasteiger partial charge < -0.3 is 18.9 Å². The number of allylic oxidation sites excluding steroid dienone is 1. The number of fused-ring (bicyclic) bond motifs is 6. The van der Waals surface area contributed by atoms with Gasteiger partial charge in [0.2, 0.25) is 0 Å². The van der Waals surface area contributed by atoms with Crippen LogP contribution in [-0.4, -0.2) is 43.8 Å². The molecule has 28 heavy (non-hydrogen) atoms. The van der Waals surface area contributed by atoms with Gasteiger partial charge in [-0.25, -0.2) is 0 Å². The standard InChI is InChI=1S/C23H32O5/c1-20-7-8-22(25-9-10-26-22)13-15(20)3-4-16-17-5-6-23(27-11-12-28-23)21(17,2)14-18(24)19(16)20/h3,16-17,19H,4-14H2,1-2H3. The van der Waals surface area contributed by atoms with Crippen LogP contribution in [0, 0.1) is 28.6 Å². The van der Waals surface area contributed by atoms with Gasteiger partial charge in [-0.1, -0.05) is 25.5 Å². The highest BCUT2D eigenvalue weighted by atomic mass is 16.7. The highest BCUT2D eigenvalue weighted by Crippen LogP contribution is 2.68. The van der Waals surface area contributed by atoms with Gasteiger partial charge in [-0.05, 0) is 36.5 Å². The van der Waals surface area contributed by atoms with Gasteiger partial charge in [-0.3, -0.25) is 4.79 Å². The van der Waals surface area contributed by atoms with Gasteiger partial charge in [0.1, 0.15) is 5.78 Å². The van der Waals surface area contributed by atoms with Crippen molar-refractivity contribution in [3.05, 3.63) is 11.6 Å². The van der Waals surface area contributed by atoms with E-state index in [1.807, 2.05) is 0 Å². The Labute approximate surface area is 167 Å². The average molecular weight is 389 g/mol. The molecule has 0 aromatic carbocycles. The normalized spacial score (nSPS) is 48.4. The van der Waals surface area contributed by atoms with E-state index in [4.69, 9.17) is 18.9 Å². The van der Waals surface area contributed by atoms with Gasteiger partial charge in [0.15, 0.2) is 11.6 Å². The summed E-state index contributed by atoms with van der Waals surface area (Å²) >= 11 is 0. The molecule has 2 heterocycles. The number of carbonyl (C=O) groups is 1. The van der Waals surface area contributed by atoms with Crippen LogP contribution in [0.15, 0.2) is 11.6 Å². The molecule has 6 aliphatic rings. The van der Waals surface area contributed by atoms with Crippen LogP contribution in [0.2, 0.25) is 0 Å². The first-order chi connectivity index (χ1) is 13.4. The largest absolute Gasteiger partial charge is 0.347 e. The number of hydrogen-bond donors (Lipinski definition) is 0. The quantitative estimate of drug-likeness (QED) is 0.594. The Morgan fingerprint density at radius 2 is 1.64 bits per heavy atom. The molecule has 5 fully saturated rings. The van der Waals surface area contributed by atoms with Gasteiger partial charge in [0, 0.05) is 37.0 Å². The molecular weight excluding hydrogens is 356 g/mol. The van der Waals surface area contributed by atoms with Crippen LogP contribution in [-0.2, 0) is 23.7 Å². The molecule has 3 saturated carbocycles. The Morgan fingerprint density at radius 3 is 2.39 bits per heavy atom. The SMILES string of the molecule is CC12CCC3(CC1=CCC1C2C(=O)CC2(C)C1CCC21OCCO1)OCCO3. The molecule has 5 atom stereocenters. The van der Waals surface area contributed by atoms with Gasteiger partial charge in [0.05, 0.1) is 26.4 Å². The summed E-state index contributed by atoms with van der Waals surface area (Å²) in [5.41, 5.74) is 1.17. The van der Waals surface area contributed by atoms with Crippen molar-refractivity contribution in [1.82, 2.24) is 0 Å². The Balaban J connectivity index is 1.36. The Kier molecular flexibility index (Phi) is 3.67. The lowest BCUT2D eigenvalue weighted by molar-refractivity contribution is -0.239. The van der Waals surface area contributed by atoms with Gasteiger partial charge in [-0.2, -0.15) is 0 Å². The van der Waals surface area contributed by atoms with Crippen LogP contribution in [0.1, 0.15) is 58.8 Å². The van der Waals surface area contributed by atoms with E-state index in [0.29, 0.717) is 50.5 Å². The number of hydrogen-bond acceptors (Lipinski definition) is 5. The van der Waals surface area contributed by atoms with E-state index < -0.39 is 11.6 Å². The monoisotopic (exact) mass is 388 g/mol. The van der Waals surface area contributed by atoms with Crippen molar-refractivity contribution in [2.24, 2.45) is 28.6 Å². The minimum atomic E-state index is -0.522. The van der Waals surface area contributed by atoms with Gasteiger partial charge in [0.25, 0.3) is 0 Å². The zero-order valence-electron chi connectivity index (χ0n) is 17.1. The fourth-order valence-electron chi connectivity index (χ4n) is 8.06. The summed E-state index contributed by atoms with van der Waals surface area (Å²) in [5.74, 6) is 0.519. The molecule has 2 aliphatic heterocycles. The highest BCUT2D eigenvalue weighted by molar-refractivity contribution is 5.85. The molecule has 0 radical (unpaired) electrons. The molecule has 0 N–H and O–H groups in total. The molecule has 2 saturated heterocycles. The van der Waals surface area contributed by atoms with E-state index in [1.165, 1.54) is 5.57 Å². The number of ether oxygens (including phenoxy) is 4. The summed E-state index contributed by atoms with van der Waals surface area (Å²) < 4.78 is 24.4. The minimum absolute atomic E-state index is 0.0466. The van der Waals surface area contributed by atoms with Crippen LogP contribution in [0.25, 0.3) is 0 Å². The Bertz CT molecular complexity index is 731. The maximum atomic E-state index is 13.7.